The van der Waals surface area contributed by atoms with Crippen molar-refractivity contribution in [2.24, 2.45) is 11.3 Å². The highest BCUT2D eigenvalue weighted by atomic mass is 19.1. The van der Waals surface area contributed by atoms with Crippen molar-refractivity contribution in [2.75, 3.05) is 26.2 Å². The molecule has 0 unspecified atom stereocenters. The van der Waals surface area contributed by atoms with Gasteiger partial charge in [-0.05, 0) is 29.0 Å². The van der Waals surface area contributed by atoms with Gasteiger partial charge in [-0.25, -0.2) is 4.39 Å². The van der Waals surface area contributed by atoms with Crippen LogP contribution >= 0.6 is 0 Å². The maximum absolute atomic E-state index is 14.8. The summed E-state index contributed by atoms with van der Waals surface area (Å²) < 4.78 is 14.8. The number of alkyl halides is 1. The Morgan fingerprint density at radius 1 is 1.02 bits per heavy atom. The minimum absolute atomic E-state index is 0.105. The molecule has 3 heterocycles. The van der Waals surface area contributed by atoms with Crippen LogP contribution in [0.4, 0.5) is 4.39 Å². The number of nitrogens with one attached hydrogen (secondary N) is 2. The van der Waals surface area contributed by atoms with Crippen LogP contribution < -0.4 is 10.6 Å². The molecule has 0 bridgehead atoms. The number of halogens is 1. The molecule has 0 aliphatic carbocycles. The molecule has 2 aromatic carbocycles. The summed E-state index contributed by atoms with van der Waals surface area (Å²) in [5, 5.41) is 5.88. The van der Waals surface area contributed by atoms with E-state index < -0.39 is 41.4 Å². The summed E-state index contributed by atoms with van der Waals surface area (Å²) in [6.45, 7) is 6.12. The van der Waals surface area contributed by atoms with E-state index in [9.17, 15) is 23.6 Å². The summed E-state index contributed by atoms with van der Waals surface area (Å²) in [5.41, 5.74) is 1.89. The molecule has 40 heavy (non-hydrogen) atoms. The molecular weight excluding hydrogens is 511 g/mol. The van der Waals surface area contributed by atoms with E-state index in [1.165, 1.54) is 17.4 Å². The first-order chi connectivity index (χ1) is 19.1. The van der Waals surface area contributed by atoms with Gasteiger partial charge < -0.3 is 20.4 Å². The summed E-state index contributed by atoms with van der Waals surface area (Å²) in [4.78, 5) is 55.5. The van der Waals surface area contributed by atoms with Crippen LogP contribution in [0.5, 0.6) is 0 Å². The summed E-state index contributed by atoms with van der Waals surface area (Å²) in [6.07, 6.45) is -1.09. The number of carbonyl (C=O) groups is 4. The maximum Gasteiger partial charge on any atom is 0.243 e. The molecule has 212 valence electrons. The summed E-state index contributed by atoms with van der Waals surface area (Å²) in [7, 11) is 0. The van der Waals surface area contributed by atoms with Gasteiger partial charge in [0.05, 0.1) is 23.9 Å². The monoisotopic (exact) mass is 548 g/mol. The second-order valence-corrected chi connectivity index (χ2v) is 11.6. The molecule has 2 aromatic rings. The van der Waals surface area contributed by atoms with Crippen molar-refractivity contribution in [2.45, 2.75) is 57.8 Å². The average Bonchev–Trinajstić information content (AvgIpc) is 3.65. The molecule has 0 aromatic heterocycles. The Kier molecular flexibility index (Phi) is 7.66. The van der Waals surface area contributed by atoms with E-state index in [1.807, 2.05) is 54.6 Å². The van der Waals surface area contributed by atoms with Crippen LogP contribution in [0.15, 0.2) is 54.6 Å². The quantitative estimate of drug-likeness (QED) is 0.580. The number of benzene rings is 2. The smallest absolute Gasteiger partial charge is 0.243 e. The summed E-state index contributed by atoms with van der Waals surface area (Å²) >= 11 is 0. The second-order valence-electron chi connectivity index (χ2n) is 11.6. The van der Waals surface area contributed by atoms with Gasteiger partial charge in [0.25, 0.3) is 0 Å². The van der Waals surface area contributed by atoms with Gasteiger partial charge in [-0.3, -0.25) is 19.2 Å². The molecule has 3 aliphatic heterocycles. The minimum atomic E-state index is -1.35. The number of amides is 4. The predicted molar refractivity (Wildman–Crippen MR) is 148 cm³/mol. The van der Waals surface area contributed by atoms with Crippen molar-refractivity contribution in [3.05, 3.63) is 71.3 Å². The Hall–Kier alpha value is -3.75. The third-order valence-corrected chi connectivity index (χ3v) is 8.82. The number of carbonyl (C=O) groups excluding carboxylic acids is 4. The van der Waals surface area contributed by atoms with Crippen molar-refractivity contribution in [1.82, 2.24) is 20.4 Å². The molecule has 5 rings (SSSR count). The van der Waals surface area contributed by atoms with Gasteiger partial charge in [0, 0.05) is 33.0 Å². The molecule has 3 saturated heterocycles. The first-order valence-electron chi connectivity index (χ1n) is 14.0. The standard InChI is InChI=1S/C31H37FN4O4/c1-19(2)21-9-11-23(12-10-21)27(22-7-5-4-6-8-22)34-28(38)26-15-24(32)17-36(26)29(39)25-16-33-30(40)31(25)13-14-35(18-31)20(3)37/h4-12,19,24-27H,13-18H2,1-3H3,(H,33,40)(H,34,38)/t24-,25+,26+,27+,31+/m1/s1. The Morgan fingerprint density at radius 3 is 2.30 bits per heavy atom. The highest BCUT2D eigenvalue weighted by Gasteiger charge is 2.59. The van der Waals surface area contributed by atoms with E-state index in [1.54, 1.807) is 4.90 Å². The number of likely N-dealkylation sites (tertiary alicyclic amines) is 2. The van der Waals surface area contributed by atoms with E-state index in [0.29, 0.717) is 18.9 Å². The van der Waals surface area contributed by atoms with Crippen LogP contribution in [0.2, 0.25) is 0 Å². The minimum Gasteiger partial charge on any atom is -0.355 e. The van der Waals surface area contributed by atoms with Crippen molar-refractivity contribution >= 4 is 23.6 Å². The van der Waals surface area contributed by atoms with E-state index in [0.717, 1.165) is 11.1 Å². The highest BCUT2D eigenvalue weighted by Crippen LogP contribution is 2.43. The van der Waals surface area contributed by atoms with E-state index in [4.69, 9.17) is 0 Å². The Labute approximate surface area is 234 Å². The summed E-state index contributed by atoms with van der Waals surface area (Å²) in [5.74, 6) is -1.67. The van der Waals surface area contributed by atoms with Crippen LogP contribution in [-0.4, -0.2) is 71.8 Å². The molecule has 5 atom stereocenters. The third kappa shape index (κ3) is 5.09. The topological polar surface area (TPSA) is 98.8 Å². The maximum atomic E-state index is 14.8. The van der Waals surface area contributed by atoms with Gasteiger partial charge in [0.15, 0.2) is 0 Å². The number of hydrogen-bond acceptors (Lipinski definition) is 4. The lowest BCUT2D eigenvalue weighted by Gasteiger charge is -2.33. The largest absolute Gasteiger partial charge is 0.355 e. The number of nitrogens with zero attached hydrogens (tertiary/aromatic N) is 2. The molecule has 9 heteroatoms. The van der Waals surface area contributed by atoms with Crippen LogP contribution in [0, 0.1) is 11.3 Å². The fourth-order valence-corrected chi connectivity index (χ4v) is 6.41. The fraction of sp³-hybridized carbons (Fsp3) is 0.484. The lowest BCUT2D eigenvalue weighted by Crippen LogP contribution is -2.52. The zero-order valence-electron chi connectivity index (χ0n) is 23.2. The van der Waals surface area contributed by atoms with Crippen molar-refractivity contribution in [3.8, 4) is 0 Å². The lowest BCUT2D eigenvalue weighted by atomic mass is 9.75. The first-order valence-corrected chi connectivity index (χ1v) is 14.0. The van der Waals surface area contributed by atoms with E-state index in [2.05, 4.69) is 24.5 Å². The number of rotatable bonds is 6. The Bertz CT molecular complexity index is 1280. The fourth-order valence-electron chi connectivity index (χ4n) is 6.41. The van der Waals surface area contributed by atoms with E-state index >= 15 is 0 Å². The SMILES string of the molecule is CC(=O)N1CC[C@@]2(C1)C(=O)NC[C@H]2C(=O)N1C[C@H](F)C[C@H]1C(=O)N[C@@H](c1ccccc1)c1ccc(C(C)C)cc1. The van der Waals surface area contributed by atoms with Crippen LogP contribution in [0.1, 0.15) is 62.3 Å². The molecule has 8 nitrogen and oxygen atoms in total. The zero-order valence-corrected chi connectivity index (χ0v) is 23.2. The van der Waals surface area contributed by atoms with Gasteiger partial charge in [0.2, 0.25) is 23.6 Å². The molecule has 3 fully saturated rings. The normalized spacial score (nSPS) is 26.8. The molecule has 3 aliphatic rings. The van der Waals surface area contributed by atoms with Crippen LogP contribution in [0.3, 0.4) is 0 Å². The average molecular weight is 549 g/mol. The first kappa shape index (κ1) is 27.8. The molecular formula is C31H37FN4O4. The van der Waals surface area contributed by atoms with Gasteiger partial charge >= 0.3 is 0 Å². The van der Waals surface area contributed by atoms with Gasteiger partial charge in [-0.2, -0.15) is 0 Å². The van der Waals surface area contributed by atoms with Crippen LogP contribution in [0.25, 0.3) is 0 Å². The molecule has 4 amide bonds. The van der Waals surface area contributed by atoms with Gasteiger partial charge in [-0.1, -0.05) is 68.4 Å². The Balaban J connectivity index is 1.39. The van der Waals surface area contributed by atoms with Gasteiger partial charge in [0.1, 0.15) is 12.2 Å². The number of hydrogen-bond donors (Lipinski definition) is 2. The second kappa shape index (κ2) is 11.0. The Morgan fingerprint density at radius 2 is 1.68 bits per heavy atom. The summed E-state index contributed by atoms with van der Waals surface area (Å²) in [6, 6.07) is 16.1. The van der Waals surface area contributed by atoms with Gasteiger partial charge in [-0.15, -0.1) is 0 Å². The third-order valence-electron chi connectivity index (χ3n) is 8.82. The predicted octanol–water partition coefficient (Wildman–Crippen LogP) is 2.94. The molecule has 1 spiro atoms. The van der Waals surface area contributed by atoms with E-state index in [-0.39, 0.29) is 37.9 Å². The highest BCUT2D eigenvalue weighted by molar-refractivity contribution is 5.97. The zero-order chi connectivity index (χ0) is 28.6. The lowest BCUT2D eigenvalue weighted by molar-refractivity contribution is -0.146. The van der Waals surface area contributed by atoms with Crippen molar-refractivity contribution in [3.63, 3.8) is 0 Å². The van der Waals surface area contributed by atoms with Crippen molar-refractivity contribution < 1.29 is 23.6 Å². The molecule has 0 radical (unpaired) electrons. The molecule has 0 saturated carbocycles. The van der Waals surface area contributed by atoms with Crippen LogP contribution in [-0.2, 0) is 19.2 Å². The molecule has 2 N–H and O–H groups in total. The van der Waals surface area contributed by atoms with Crippen molar-refractivity contribution in [1.29, 1.82) is 0 Å².